The standard InChI is InChI=1S/C23H18Cl2N2O4S/c1-32(30,31)26-23(29)22-21(17-7-2-3-8-20(17)28)18-12-16(25)9-10-19(18)27(22)13-14-5-4-6-15(24)11-14/h2-7,9-12H,8,13H2,1H3,(H,26,29). The molecule has 9 heteroatoms. The van der Waals surface area contributed by atoms with Crippen molar-refractivity contribution in [3.8, 4) is 0 Å². The summed E-state index contributed by atoms with van der Waals surface area (Å²) in [6, 6.07) is 12.2. The van der Waals surface area contributed by atoms with Crippen molar-refractivity contribution in [1.29, 1.82) is 0 Å². The maximum absolute atomic E-state index is 13.2. The van der Waals surface area contributed by atoms with E-state index in [-0.39, 0.29) is 24.4 Å². The van der Waals surface area contributed by atoms with Crippen molar-refractivity contribution in [3.63, 3.8) is 0 Å². The average Bonchev–Trinajstić information content (AvgIpc) is 3.00. The summed E-state index contributed by atoms with van der Waals surface area (Å²) in [7, 11) is -3.85. The number of allylic oxidation sites excluding steroid dienone is 4. The van der Waals surface area contributed by atoms with E-state index in [1.54, 1.807) is 59.2 Å². The van der Waals surface area contributed by atoms with E-state index in [1.165, 1.54) is 0 Å². The summed E-state index contributed by atoms with van der Waals surface area (Å²) in [5, 5.41) is 1.53. The number of carbonyl (C=O) groups excluding carboxylic acids is 2. The van der Waals surface area contributed by atoms with Crippen molar-refractivity contribution in [2.45, 2.75) is 13.0 Å². The number of nitrogens with zero attached hydrogens (tertiary/aromatic N) is 1. The fraction of sp³-hybridized carbons (Fsp3) is 0.130. The molecule has 0 aliphatic heterocycles. The molecule has 1 aliphatic carbocycles. The lowest BCUT2D eigenvalue weighted by molar-refractivity contribution is -0.113. The van der Waals surface area contributed by atoms with Crippen LogP contribution in [0.25, 0.3) is 16.5 Å². The van der Waals surface area contributed by atoms with Crippen LogP contribution in [-0.2, 0) is 21.4 Å². The number of rotatable bonds is 5. The van der Waals surface area contributed by atoms with E-state index >= 15 is 0 Å². The highest BCUT2D eigenvalue weighted by Gasteiger charge is 2.29. The maximum atomic E-state index is 13.2. The van der Waals surface area contributed by atoms with Gasteiger partial charge in [-0.05, 0) is 35.9 Å². The molecule has 0 unspecified atom stereocenters. The van der Waals surface area contributed by atoms with Gasteiger partial charge in [-0.25, -0.2) is 13.1 Å². The molecular weight excluding hydrogens is 471 g/mol. The number of fused-ring (bicyclic) bond motifs is 1. The van der Waals surface area contributed by atoms with E-state index in [0.29, 0.717) is 32.1 Å². The quantitative estimate of drug-likeness (QED) is 0.568. The Hall–Kier alpha value is -2.87. The molecule has 0 saturated heterocycles. The molecule has 0 bridgehead atoms. The third-order valence-corrected chi connectivity index (χ3v) is 6.05. The van der Waals surface area contributed by atoms with Crippen LogP contribution in [-0.4, -0.2) is 30.9 Å². The van der Waals surface area contributed by atoms with Gasteiger partial charge in [0.2, 0.25) is 10.0 Å². The first kappa shape index (κ1) is 22.3. The second-order valence-corrected chi connectivity index (χ2v) is 10.1. The highest BCUT2D eigenvalue weighted by atomic mass is 35.5. The summed E-state index contributed by atoms with van der Waals surface area (Å²) in [6.45, 7) is 0.225. The molecule has 1 aliphatic rings. The maximum Gasteiger partial charge on any atom is 0.282 e. The second kappa shape index (κ2) is 8.58. The molecule has 2 aromatic carbocycles. The Bertz CT molecular complexity index is 1440. The monoisotopic (exact) mass is 488 g/mol. The molecule has 0 atom stereocenters. The Balaban J connectivity index is 2.05. The predicted octanol–water partition coefficient (Wildman–Crippen LogP) is 4.60. The van der Waals surface area contributed by atoms with Crippen molar-refractivity contribution in [1.82, 2.24) is 9.29 Å². The molecule has 4 rings (SSSR count). The smallest absolute Gasteiger partial charge is 0.282 e. The first-order chi connectivity index (χ1) is 15.1. The molecule has 1 N–H and O–H groups in total. The predicted molar refractivity (Wildman–Crippen MR) is 127 cm³/mol. The van der Waals surface area contributed by atoms with E-state index in [1.807, 2.05) is 10.8 Å². The van der Waals surface area contributed by atoms with Gasteiger partial charge in [0.1, 0.15) is 5.69 Å². The SMILES string of the molecule is CS(=O)(=O)NC(=O)c1c(C2=CC=CCC2=O)c2cc(Cl)ccc2n1Cc1cccc(Cl)c1. The lowest BCUT2D eigenvalue weighted by Gasteiger charge is -2.14. The van der Waals surface area contributed by atoms with Crippen LogP contribution in [0.1, 0.15) is 28.0 Å². The van der Waals surface area contributed by atoms with Crippen LogP contribution < -0.4 is 4.72 Å². The Morgan fingerprint density at radius 1 is 1.12 bits per heavy atom. The van der Waals surface area contributed by atoms with Gasteiger partial charge in [-0.15, -0.1) is 0 Å². The highest BCUT2D eigenvalue weighted by Crippen LogP contribution is 2.36. The molecule has 1 heterocycles. The number of hydrogen-bond acceptors (Lipinski definition) is 4. The lowest BCUT2D eigenvalue weighted by Crippen LogP contribution is -2.32. The van der Waals surface area contributed by atoms with Crippen LogP contribution >= 0.6 is 23.2 Å². The van der Waals surface area contributed by atoms with Gasteiger partial charge in [-0.2, -0.15) is 0 Å². The summed E-state index contributed by atoms with van der Waals surface area (Å²) in [6.07, 6.45) is 6.17. The number of hydrogen-bond donors (Lipinski definition) is 1. The van der Waals surface area contributed by atoms with E-state index in [4.69, 9.17) is 23.2 Å². The molecule has 32 heavy (non-hydrogen) atoms. The zero-order valence-corrected chi connectivity index (χ0v) is 19.3. The number of halogens is 2. The van der Waals surface area contributed by atoms with Crippen LogP contribution in [0.5, 0.6) is 0 Å². The van der Waals surface area contributed by atoms with Gasteiger partial charge >= 0.3 is 0 Å². The van der Waals surface area contributed by atoms with Gasteiger partial charge in [-0.3, -0.25) is 9.59 Å². The summed E-state index contributed by atoms with van der Waals surface area (Å²) in [5.41, 5.74) is 2.16. The van der Waals surface area contributed by atoms with Gasteiger partial charge in [0, 0.05) is 45.1 Å². The van der Waals surface area contributed by atoms with E-state index < -0.39 is 15.9 Å². The minimum absolute atomic E-state index is 0.0579. The molecule has 0 radical (unpaired) electrons. The largest absolute Gasteiger partial charge is 0.331 e. The van der Waals surface area contributed by atoms with Crippen LogP contribution in [0.3, 0.4) is 0 Å². The number of nitrogens with one attached hydrogen (secondary N) is 1. The molecule has 0 fully saturated rings. The Kier molecular flexibility index (Phi) is 5.99. The fourth-order valence-electron chi connectivity index (χ4n) is 3.80. The van der Waals surface area contributed by atoms with Crippen molar-refractivity contribution in [2.75, 3.05) is 6.26 Å². The number of carbonyl (C=O) groups is 2. The van der Waals surface area contributed by atoms with E-state index in [9.17, 15) is 18.0 Å². The highest BCUT2D eigenvalue weighted by molar-refractivity contribution is 7.89. The van der Waals surface area contributed by atoms with Crippen molar-refractivity contribution in [3.05, 3.63) is 87.6 Å². The number of benzene rings is 2. The number of Topliss-reactive ketones (excluding diaryl/α,β-unsaturated/α-hetero) is 1. The Morgan fingerprint density at radius 3 is 2.56 bits per heavy atom. The summed E-state index contributed by atoms with van der Waals surface area (Å²) < 4.78 is 27.5. The molecular formula is C23H18Cl2N2O4S. The normalized spacial score (nSPS) is 14.0. The molecule has 164 valence electrons. The molecule has 0 saturated carbocycles. The summed E-state index contributed by atoms with van der Waals surface area (Å²) in [5.74, 6) is -1.01. The second-order valence-electron chi connectivity index (χ2n) is 7.44. The van der Waals surface area contributed by atoms with Gasteiger partial charge in [-0.1, -0.05) is 53.6 Å². The fourth-order valence-corrected chi connectivity index (χ4v) is 4.62. The minimum Gasteiger partial charge on any atom is -0.331 e. The minimum atomic E-state index is -3.85. The summed E-state index contributed by atoms with van der Waals surface area (Å²) in [4.78, 5) is 26.0. The Morgan fingerprint density at radius 2 is 1.88 bits per heavy atom. The number of sulfonamides is 1. The van der Waals surface area contributed by atoms with Gasteiger partial charge in [0.05, 0.1) is 6.26 Å². The zero-order chi connectivity index (χ0) is 23.0. The van der Waals surface area contributed by atoms with Gasteiger partial charge < -0.3 is 4.57 Å². The molecule has 3 aromatic rings. The molecule has 0 spiro atoms. The van der Waals surface area contributed by atoms with Crippen LogP contribution in [0, 0.1) is 0 Å². The third kappa shape index (κ3) is 4.50. The van der Waals surface area contributed by atoms with Gasteiger partial charge in [0.25, 0.3) is 5.91 Å². The van der Waals surface area contributed by atoms with E-state index in [0.717, 1.165) is 11.8 Å². The summed E-state index contributed by atoms with van der Waals surface area (Å²) >= 11 is 12.4. The Labute approximate surface area is 195 Å². The lowest BCUT2D eigenvalue weighted by atomic mass is 9.93. The van der Waals surface area contributed by atoms with Crippen LogP contribution in [0.15, 0.2) is 60.7 Å². The molecule has 6 nitrogen and oxygen atoms in total. The van der Waals surface area contributed by atoms with Gasteiger partial charge in [0.15, 0.2) is 5.78 Å². The van der Waals surface area contributed by atoms with Crippen LogP contribution in [0.2, 0.25) is 10.0 Å². The molecule has 1 amide bonds. The number of amides is 1. The first-order valence-electron chi connectivity index (χ1n) is 9.63. The molecule has 1 aromatic heterocycles. The number of aromatic nitrogens is 1. The zero-order valence-electron chi connectivity index (χ0n) is 16.9. The topological polar surface area (TPSA) is 85.2 Å². The third-order valence-electron chi connectivity index (χ3n) is 5.02. The average molecular weight is 489 g/mol. The van der Waals surface area contributed by atoms with Crippen LogP contribution in [0.4, 0.5) is 0 Å². The van der Waals surface area contributed by atoms with Crippen molar-refractivity contribution in [2.24, 2.45) is 0 Å². The number of ketones is 1. The first-order valence-corrected chi connectivity index (χ1v) is 12.3. The van der Waals surface area contributed by atoms with Crippen molar-refractivity contribution >= 4 is 61.4 Å². The van der Waals surface area contributed by atoms with Crippen molar-refractivity contribution < 1.29 is 18.0 Å². The van der Waals surface area contributed by atoms with E-state index in [2.05, 4.69) is 0 Å².